The number of ether oxygens (including phenoxy) is 3. The van der Waals surface area contributed by atoms with Crippen molar-refractivity contribution in [3.05, 3.63) is 30.1 Å². The summed E-state index contributed by atoms with van der Waals surface area (Å²) in [6.45, 7) is 3.60. The molecule has 1 atom stereocenters. The summed E-state index contributed by atoms with van der Waals surface area (Å²) in [5, 5.41) is 13.1. The first kappa shape index (κ1) is 20.0. The minimum Gasteiger partial charge on any atom is -0.389 e. The van der Waals surface area contributed by atoms with Gasteiger partial charge < -0.3 is 24.6 Å². The van der Waals surface area contributed by atoms with Crippen LogP contribution in [0.2, 0.25) is 0 Å². The average Bonchev–Trinajstić information content (AvgIpc) is 2.56. The summed E-state index contributed by atoms with van der Waals surface area (Å²) in [4.78, 5) is 4.05. The Hall–Kier alpha value is -1.05. The second-order valence-corrected chi connectivity index (χ2v) is 5.64. The minimum atomic E-state index is -0.500. The van der Waals surface area contributed by atoms with Crippen LogP contribution in [0, 0.1) is 5.92 Å². The third-order valence-corrected chi connectivity index (χ3v) is 3.45. The fourth-order valence-corrected chi connectivity index (χ4v) is 2.32. The summed E-state index contributed by atoms with van der Waals surface area (Å²) in [5.41, 5.74) is 1.10. The van der Waals surface area contributed by atoms with E-state index < -0.39 is 6.10 Å². The molecule has 132 valence electrons. The highest BCUT2D eigenvalue weighted by atomic mass is 16.5. The van der Waals surface area contributed by atoms with Gasteiger partial charge in [-0.2, -0.15) is 0 Å². The summed E-state index contributed by atoms with van der Waals surface area (Å²) in [5.74, 6) is 0.402. The lowest BCUT2D eigenvalue weighted by Gasteiger charge is -2.15. The van der Waals surface area contributed by atoms with E-state index in [0.717, 1.165) is 18.4 Å². The first-order chi connectivity index (χ1) is 11.3. The number of pyridine rings is 1. The lowest BCUT2D eigenvalue weighted by atomic mass is 10.1. The van der Waals surface area contributed by atoms with Gasteiger partial charge in [0.2, 0.25) is 0 Å². The highest BCUT2D eigenvalue weighted by molar-refractivity contribution is 5.07. The molecule has 0 bridgehead atoms. The first-order valence-electron chi connectivity index (χ1n) is 8.09. The SMILES string of the molecule is COCC(CCCOCC(O)CNCc1cccnc1)COC. The Morgan fingerprint density at radius 1 is 1.22 bits per heavy atom. The monoisotopic (exact) mass is 326 g/mol. The third kappa shape index (κ3) is 10.4. The molecule has 1 aromatic rings. The molecule has 1 rings (SSSR count). The van der Waals surface area contributed by atoms with Gasteiger partial charge in [0.15, 0.2) is 0 Å². The quantitative estimate of drug-likeness (QED) is 0.501. The van der Waals surface area contributed by atoms with Crippen LogP contribution in [0.25, 0.3) is 0 Å². The molecule has 0 aliphatic rings. The van der Waals surface area contributed by atoms with E-state index in [1.165, 1.54) is 0 Å². The molecule has 2 N–H and O–H groups in total. The highest BCUT2D eigenvalue weighted by Crippen LogP contribution is 2.07. The van der Waals surface area contributed by atoms with Crippen LogP contribution in [0.1, 0.15) is 18.4 Å². The summed E-state index contributed by atoms with van der Waals surface area (Å²) in [6, 6.07) is 3.90. The highest BCUT2D eigenvalue weighted by Gasteiger charge is 2.08. The molecule has 0 aliphatic carbocycles. The molecule has 1 unspecified atom stereocenters. The molecule has 0 fully saturated rings. The normalized spacial score (nSPS) is 12.7. The van der Waals surface area contributed by atoms with Gasteiger partial charge in [-0.1, -0.05) is 6.07 Å². The van der Waals surface area contributed by atoms with E-state index in [0.29, 0.717) is 45.4 Å². The lowest BCUT2D eigenvalue weighted by Crippen LogP contribution is -2.30. The van der Waals surface area contributed by atoms with Crippen LogP contribution in [0.15, 0.2) is 24.5 Å². The van der Waals surface area contributed by atoms with Crippen LogP contribution in [0.3, 0.4) is 0 Å². The lowest BCUT2D eigenvalue weighted by molar-refractivity contribution is 0.0289. The van der Waals surface area contributed by atoms with E-state index in [9.17, 15) is 5.11 Å². The molecular weight excluding hydrogens is 296 g/mol. The zero-order valence-corrected chi connectivity index (χ0v) is 14.2. The smallest absolute Gasteiger partial charge is 0.0897 e. The van der Waals surface area contributed by atoms with Crippen molar-refractivity contribution in [2.45, 2.75) is 25.5 Å². The number of aromatic nitrogens is 1. The van der Waals surface area contributed by atoms with Gasteiger partial charge in [0.25, 0.3) is 0 Å². The van der Waals surface area contributed by atoms with Crippen LogP contribution < -0.4 is 5.32 Å². The molecule has 0 saturated heterocycles. The van der Waals surface area contributed by atoms with Gasteiger partial charge in [-0.05, 0) is 24.5 Å². The molecule has 0 radical (unpaired) electrons. The molecule has 0 amide bonds. The van der Waals surface area contributed by atoms with Crippen molar-refractivity contribution in [3.8, 4) is 0 Å². The average molecular weight is 326 g/mol. The molecule has 6 heteroatoms. The van der Waals surface area contributed by atoms with Crippen molar-refractivity contribution < 1.29 is 19.3 Å². The van der Waals surface area contributed by atoms with Crippen molar-refractivity contribution in [1.82, 2.24) is 10.3 Å². The van der Waals surface area contributed by atoms with Gasteiger partial charge in [-0.25, -0.2) is 0 Å². The number of aliphatic hydroxyl groups is 1. The maximum absolute atomic E-state index is 9.86. The van der Waals surface area contributed by atoms with Crippen molar-refractivity contribution in [1.29, 1.82) is 0 Å². The number of hydrogen-bond donors (Lipinski definition) is 2. The van der Waals surface area contributed by atoms with E-state index in [-0.39, 0.29) is 0 Å². The number of nitrogens with zero attached hydrogens (tertiary/aromatic N) is 1. The van der Waals surface area contributed by atoms with E-state index >= 15 is 0 Å². The zero-order valence-electron chi connectivity index (χ0n) is 14.2. The van der Waals surface area contributed by atoms with Crippen LogP contribution in [0.4, 0.5) is 0 Å². The fraction of sp³-hybridized carbons (Fsp3) is 0.706. The number of hydrogen-bond acceptors (Lipinski definition) is 6. The van der Waals surface area contributed by atoms with Crippen molar-refractivity contribution in [2.75, 3.05) is 47.2 Å². The summed E-state index contributed by atoms with van der Waals surface area (Å²) < 4.78 is 15.8. The third-order valence-electron chi connectivity index (χ3n) is 3.45. The topological polar surface area (TPSA) is 72.8 Å². The fourth-order valence-electron chi connectivity index (χ4n) is 2.32. The zero-order chi connectivity index (χ0) is 16.8. The van der Waals surface area contributed by atoms with Crippen LogP contribution in [0.5, 0.6) is 0 Å². The number of aliphatic hydroxyl groups excluding tert-OH is 1. The Kier molecular flexibility index (Phi) is 11.6. The van der Waals surface area contributed by atoms with Crippen molar-refractivity contribution >= 4 is 0 Å². The Morgan fingerprint density at radius 2 is 2.00 bits per heavy atom. The molecule has 23 heavy (non-hydrogen) atoms. The minimum absolute atomic E-state index is 0.346. The van der Waals surface area contributed by atoms with Crippen LogP contribution >= 0.6 is 0 Å². The summed E-state index contributed by atoms with van der Waals surface area (Å²) in [6.07, 6.45) is 4.99. The van der Waals surface area contributed by atoms with E-state index in [1.807, 2.05) is 18.3 Å². The molecule has 1 heterocycles. The Bertz CT molecular complexity index is 372. The molecular formula is C17H30N2O4. The number of methoxy groups -OCH3 is 2. The predicted octanol–water partition coefficient (Wildman–Crippen LogP) is 1.24. The Balaban J connectivity index is 2.00. The van der Waals surface area contributed by atoms with E-state index in [4.69, 9.17) is 14.2 Å². The molecule has 1 aromatic heterocycles. The molecule has 0 saturated carbocycles. The van der Waals surface area contributed by atoms with Crippen molar-refractivity contribution in [2.24, 2.45) is 5.92 Å². The second kappa shape index (κ2) is 13.4. The van der Waals surface area contributed by atoms with Gasteiger partial charge in [-0.3, -0.25) is 4.98 Å². The van der Waals surface area contributed by atoms with Gasteiger partial charge in [0.05, 0.1) is 25.9 Å². The summed E-state index contributed by atoms with van der Waals surface area (Å²) in [7, 11) is 3.40. The predicted molar refractivity (Wildman–Crippen MR) is 89.2 cm³/mol. The van der Waals surface area contributed by atoms with E-state index in [1.54, 1.807) is 20.4 Å². The largest absolute Gasteiger partial charge is 0.389 e. The van der Waals surface area contributed by atoms with Crippen molar-refractivity contribution in [3.63, 3.8) is 0 Å². The second-order valence-electron chi connectivity index (χ2n) is 5.64. The van der Waals surface area contributed by atoms with Gasteiger partial charge >= 0.3 is 0 Å². The van der Waals surface area contributed by atoms with Gasteiger partial charge in [0, 0.05) is 52.2 Å². The molecule has 6 nitrogen and oxygen atoms in total. The molecule has 0 aromatic carbocycles. The van der Waals surface area contributed by atoms with Gasteiger partial charge in [0.1, 0.15) is 0 Å². The van der Waals surface area contributed by atoms with Gasteiger partial charge in [-0.15, -0.1) is 0 Å². The van der Waals surface area contributed by atoms with Crippen LogP contribution in [-0.4, -0.2) is 63.4 Å². The maximum atomic E-state index is 9.86. The Morgan fingerprint density at radius 3 is 2.65 bits per heavy atom. The first-order valence-corrected chi connectivity index (χ1v) is 8.09. The summed E-state index contributed by atoms with van der Waals surface area (Å²) >= 11 is 0. The maximum Gasteiger partial charge on any atom is 0.0897 e. The Labute approximate surface area is 139 Å². The standard InChI is InChI=1S/C17H30N2O4/c1-21-12-16(13-22-2)6-4-8-23-14-17(20)11-19-10-15-5-3-7-18-9-15/h3,5,7,9,16-17,19-20H,4,6,8,10-14H2,1-2H3. The molecule has 0 spiro atoms. The van der Waals surface area contributed by atoms with Crippen LogP contribution in [-0.2, 0) is 20.8 Å². The molecule has 0 aliphatic heterocycles. The van der Waals surface area contributed by atoms with E-state index in [2.05, 4.69) is 10.3 Å². The number of nitrogens with one attached hydrogen (secondary N) is 1. The number of rotatable bonds is 14.